The number of nitrogens with zero attached hydrogens (tertiary/aromatic N) is 2. The van der Waals surface area contributed by atoms with Gasteiger partial charge in [0, 0.05) is 30.7 Å². The molecule has 1 aromatic carbocycles. The molecule has 5 nitrogen and oxygen atoms in total. The third-order valence-electron chi connectivity index (χ3n) is 3.10. The minimum Gasteiger partial charge on any atom is -0.399 e. The summed E-state index contributed by atoms with van der Waals surface area (Å²) in [4.78, 5) is 4.23. The molecule has 0 atom stereocenters. The molecule has 21 heavy (non-hydrogen) atoms. The number of sulfonamides is 1. The fourth-order valence-electron chi connectivity index (χ4n) is 2.03. The number of rotatable bonds is 5. The summed E-state index contributed by atoms with van der Waals surface area (Å²) in [5, 5.41) is 0. The quantitative estimate of drug-likeness (QED) is 0.860. The van der Waals surface area contributed by atoms with Crippen molar-refractivity contribution in [3.63, 3.8) is 0 Å². The summed E-state index contributed by atoms with van der Waals surface area (Å²) in [5.41, 5.74) is 6.97. The average Bonchev–Trinajstić information content (AvgIpc) is 2.45. The second-order valence-corrected chi connectivity index (χ2v) is 6.97. The van der Waals surface area contributed by atoms with Crippen LogP contribution in [0.25, 0.3) is 0 Å². The van der Waals surface area contributed by atoms with Crippen LogP contribution in [-0.4, -0.2) is 23.7 Å². The number of pyridine rings is 1. The van der Waals surface area contributed by atoms with Crippen LogP contribution in [-0.2, 0) is 16.6 Å². The predicted molar refractivity (Wildman–Crippen MR) is 83.0 cm³/mol. The first kappa shape index (κ1) is 15.5. The highest BCUT2D eigenvalue weighted by Crippen LogP contribution is 2.22. The lowest BCUT2D eigenvalue weighted by atomic mass is 10.2. The molecule has 0 saturated heterocycles. The second-order valence-electron chi connectivity index (χ2n) is 5.08. The topological polar surface area (TPSA) is 76.3 Å². The molecule has 0 saturated carbocycles. The van der Waals surface area contributed by atoms with Gasteiger partial charge in [-0.25, -0.2) is 8.42 Å². The molecule has 1 heterocycles. The van der Waals surface area contributed by atoms with Gasteiger partial charge >= 0.3 is 0 Å². The minimum atomic E-state index is -3.60. The van der Waals surface area contributed by atoms with Crippen LogP contribution in [0, 0.1) is 0 Å². The van der Waals surface area contributed by atoms with Gasteiger partial charge in [0.25, 0.3) is 0 Å². The Morgan fingerprint density at radius 1 is 1.24 bits per heavy atom. The van der Waals surface area contributed by atoms with Crippen molar-refractivity contribution in [1.29, 1.82) is 0 Å². The Hall–Kier alpha value is -1.92. The van der Waals surface area contributed by atoms with Crippen LogP contribution >= 0.6 is 0 Å². The Bertz CT molecular complexity index is 700. The van der Waals surface area contributed by atoms with E-state index in [1.165, 1.54) is 10.4 Å². The van der Waals surface area contributed by atoms with Gasteiger partial charge in [-0.05, 0) is 43.7 Å². The molecule has 0 unspecified atom stereocenters. The lowest BCUT2D eigenvalue weighted by Gasteiger charge is -2.26. The normalized spacial score (nSPS) is 12.0. The van der Waals surface area contributed by atoms with Crippen LogP contribution < -0.4 is 5.73 Å². The van der Waals surface area contributed by atoms with E-state index in [0.29, 0.717) is 5.69 Å². The van der Waals surface area contributed by atoms with E-state index < -0.39 is 10.0 Å². The van der Waals surface area contributed by atoms with Gasteiger partial charge in [-0.2, -0.15) is 4.31 Å². The zero-order valence-electron chi connectivity index (χ0n) is 12.1. The SMILES string of the molecule is CC(C)N(Cc1cccnc1)S(=O)(=O)c1cccc(N)c1. The molecule has 6 heteroatoms. The van der Waals surface area contributed by atoms with Crippen molar-refractivity contribution in [3.05, 3.63) is 54.4 Å². The molecule has 2 aromatic rings. The van der Waals surface area contributed by atoms with Crippen molar-refractivity contribution in [2.24, 2.45) is 0 Å². The number of hydrogen-bond donors (Lipinski definition) is 1. The summed E-state index contributed by atoms with van der Waals surface area (Å²) in [7, 11) is -3.60. The molecule has 2 rings (SSSR count). The number of anilines is 1. The monoisotopic (exact) mass is 305 g/mol. The summed E-state index contributed by atoms with van der Waals surface area (Å²) in [6, 6.07) is 9.83. The molecule has 0 spiro atoms. The Labute approximate surface area is 125 Å². The molecule has 112 valence electrons. The molecular weight excluding hydrogens is 286 g/mol. The van der Waals surface area contributed by atoms with Gasteiger partial charge in [0.05, 0.1) is 4.90 Å². The van der Waals surface area contributed by atoms with Gasteiger partial charge < -0.3 is 5.73 Å². The fraction of sp³-hybridized carbons (Fsp3) is 0.267. The third kappa shape index (κ3) is 3.59. The van der Waals surface area contributed by atoms with Crippen molar-refractivity contribution in [1.82, 2.24) is 9.29 Å². The van der Waals surface area contributed by atoms with Gasteiger partial charge in [0.15, 0.2) is 0 Å². The molecular formula is C15H19N3O2S. The maximum Gasteiger partial charge on any atom is 0.243 e. The maximum absolute atomic E-state index is 12.8. The highest BCUT2D eigenvalue weighted by molar-refractivity contribution is 7.89. The van der Waals surface area contributed by atoms with Crippen molar-refractivity contribution in [2.45, 2.75) is 31.3 Å². The molecule has 0 fully saturated rings. The number of nitrogens with two attached hydrogens (primary N) is 1. The summed E-state index contributed by atoms with van der Waals surface area (Å²) >= 11 is 0. The molecule has 1 aromatic heterocycles. The molecule has 0 aliphatic carbocycles. The van der Waals surface area contributed by atoms with Gasteiger partial charge in [-0.1, -0.05) is 12.1 Å². The largest absolute Gasteiger partial charge is 0.399 e. The van der Waals surface area contributed by atoms with Crippen molar-refractivity contribution >= 4 is 15.7 Å². The fourth-order valence-corrected chi connectivity index (χ4v) is 3.71. The first-order valence-electron chi connectivity index (χ1n) is 6.67. The number of benzene rings is 1. The van der Waals surface area contributed by atoms with Crippen molar-refractivity contribution in [2.75, 3.05) is 5.73 Å². The Balaban J connectivity index is 2.37. The van der Waals surface area contributed by atoms with E-state index in [1.54, 1.807) is 36.7 Å². The van der Waals surface area contributed by atoms with E-state index in [1.807, 2.05) is 19.9 Å². The molecule has 0 bridgehead atoms. The zero-order valence-corrected chi connectivity index (χ0v) is 12.9. The minimum absolute atomic E-state index is 0.170. The smallest absolute Gasteiger partial charge is 0.243 e. The summed E-state index contributed by atoms with van der Waals surface area (Å²) in [5.74, 6) is 0. The Morgan fingerprint density at radius 3 is 2.57 bits per heavy atom. The first-order valence-corrected chi connectivity index (χ1v) is 8.11. The van der Waals surface area contributed by atoms with Crippen LogP contribution in [0.5, 0.6) is 0 Å². The first-order chi connectivity index (χ1) is 9.91. The van der Waals surface area contributed by atoms with E-state index in [2.05, 4.69) is 4.98 Å². The van der Waals surface area contributed by atoms with Gasteiger partial charge in [0.1, 0.15) is 0 Å². The lowest BCUT2D eigenvalue weighted by Crippen LogP contribution is -2.36. The number of hydrogen-bond acceptors (Lipinski definition) is 4. The van der Waals surface area contributed by atoms with Gasteiger partial charge in [-0.15, -0.1) is 0 Å². The molecule has 2 N–H and O–H groups in total. The average molecular weight is 305 g/mol. The summed E-state index contributed by atoms with van der Waals surface area (Å²) in [6.45, 7) is 3.98. The van der Waals surface area contributed by atoms with E-state index in [-0.39, 0.29) is 17.5 Å². The van der Waals surface area contributed by atoms with E-state index >= 15 is 0 Å². The molecule has 0 aliphatic rings. The maximum atomic E-state index is 12.8. The van der Waals surface area contributed by atoms with E-state index in [4.69, 9.17) is 5.73 Å². The summed E-state index contributed by atoms with van der Waals surface area (Å²) in [6.07, 6.45) is 3.33. The highest BCUT2D eigenvalue weighted by atomic mass is 32.2. The Kier molecular flexibility index (Phi) is 4.59. The molecule has 0 aliphatic heterocycles. The van der Waals surface area contributed by atoms with Crippen LogP contribution in [0.1, 0.15) is 19.4 Å². The molecule has 0 radical (unpaired) electrons. The van der Waals surface area contributed by atoms with Crippen LogP contribution in [0.15, 0.2) is 53.7 Å². The van der Waals surface area contributed by atoms with Crippen LogP contribution in [0.3, 0.4) is 0 Å². The van der Waals surface area contributed by atoms with Crippen molar-refractivity contribution in [3.8, 4) is 0 Å². The predicted octanol–water partition coefficient (Wildman–Crippen LogP) is 2.26. The standard InChI is InChI=1S/C15H19N3O2S/c1-12(2)18(11-13-5-4-8-17-10-13)21(19,20)15-7-3-6-14(16)9-15/h3-10,12H,11,16H2,1-2H3. The van der Waals surface area contributed by atoms with Gasteiger partial charge in [0.2, 0.25) is 10.0 Å². The Morgan fingerprint density at radius 2 is 2.00 bits per heavy atom. The van der Waals surface area contributed by atoms with Crippen molar-refractivity contribution < 1.29 is 8.42 Å². The number of aromatic nitrogens is 1. The second kappa shape index (κ2) is 6.24. The van der Waals surface area contributed by atoms with Crippen LogP contribution in [0.4, 0.5) is 5.69 Å². The number of nitrogen functional groups attached to an aromatic ring is 1. The third-order valence-corrected chi connectivity index (χ3v) is 5.12. The molecule has 0 amide bonds. The van der Waals surface area contributed by atoms with E-state index in [0.717, 1.165) is 5.56 Å². The lowest BCUT2D eigenvalue weighted by molar-refractivity contribution is 0.348. The zero-order chi connectivity index (χ0) is 15.5. The highest BCUT2D eigenvalue weighted by Gasteiger charge is 2.27. The van der Waals surface area contributed by atoms with Crippen LogP contribution in [0.2, 0.25) is 0 Å². The van der Waals surface area contributed by atoms with E-state index in [9.17, 15) is 8.42 Å². The summed E-state index contributed by atoms with van der Waals surface area (Å²) < 4.78 is 27.0. The van der Waals surface area contributed by atoms with Gasteiger partial charge in [-0.3, -0.25) is 4.98 Å².